The van der Waals surface area contributed by atoms with Crippen molar-refractivity contribution in [2.24, 2.45) is 11.7 Å². The van der Waals surface area contributed by atoms with Gasteiger partial charge in [0.1, 0.15) is 12.6 Å². The summed E-state index contributed by atoms with van der Waals surface area (Å²) in [6.07, 6.45) is 2.67. The van der Waals surface area contributed by atoms with Gasteiger partial charge in [0.05, 0.1) is 0 Å². The van der Waals surface area contributed by atoms with Crippen molar-refractivity contribution in [2.45, 2.75) is 26.3 Å². The van der Waals surface area contributed by atoms with Gasteiger partial charge in [0, 0.05) is 6.54 Å². The molecule has 0 aromatic rings. The number of carbonyl (C=O) groups excluding carboxylic acids is 1. The first kappa shape index (κ1) is 21.6. The highest BCUT2D eigenvalue weighted by atomic mass is 35.5. The molecule has 0 amide bonds. The third kappa shape index (κ3) is 10.8. The number of ether oxygens (including phenoxy) is 1. The molecule has 1 unspecified atom stereocenters. The summed E-state index contributed by atoms with van der Waals surface area (Å²) in [5.74, 6) is 0.253. The monoisotopic (exact) mass is 292 g/mol. The smallest absolute Gasteiger partial charge is 0.324 e. The molecule has 0 aliphatic rings. The highest BCUT2D eigenvalue weighted by Gasteiger charge is 2.20. The van der Waals surface area contributed by atoms with Gasteiger partial charge in [-0.05, 0) is 18.6 Å². The normalized spacial score (nSPS) is 11.3. The standard InChI is InChI=1S/C9H20N2O2S.2ClH/c1-7(2)6-8(11-14-3)9(12)13-5-4-10;;/h7-8,11H,4-6,10H2,1-3H3;2*1H. The van der Waals surface area contributed by atoms with E-state index in [2.05, 4.69) is 18.6 Å². The van der Waals surface area contributed by atoms with Gasteiger partial charge in [-0.15, -0.1) is 24.8 Å². The van der Waals surface area contributed by atoms with Crippen molar-refractivity contribution in [3.8, 4) is 0 Å². The van der Waals surface area contributed by atoms with Gasteiger partial charge < -0.3 is 10.5 Å². The zero-order chi connectivity index (χ0) is 11.0. The third-order valence-electron chi connectivity index (χ3n) is 1.61. The van der Waals surface area contributed by atoms with Crippen LogP contribution in [-0.4, -0.2) is 31.4 Å². The van der Waals surface area contributed by atoms with Crippen LogP contribution in [0.4, 0.5) is 0 Å². The first-order valence-electron chi connectivity index (χ1n) is 4.77. The summed E-state index contributed by atoms with van der Waals surface area (Å²) in [5.41, 5.74) is 5.25. The van der Waals surface area contributed by atoms with Gasteiger partial charge in [0.2, 0.25) is 0 Å². The number of nitrogens with one attached hydrogen (secondary N) is 1. The van der Waals surface area contributed by atoms with Crippen molar-refractivity contribution in [3.63, 3.8) is 0 Å². The second-order valence-electron chi connectivity index (χ2n) is 3.46. The maximum atomic E-state index is 11.5. The van der Waals surface area contributed by atoms with Crippen LogP contribution in [0.25, 0.3) is 0 Å². The predicted molar refractivity (Wildman–Crippen MR) is 74.4 cm³/mol. The molecule has 0 aliphatic carbocycles. The summed E-state index contributed by atoms with van der Waals surface area (Å²) in [4.78, 5) is 11.5. The fourth-order valence-corrected chi connectivity index (χ4v) is 1.54. The topological polar surface area (TPSA) is 64.3 Å². The van der Waals surface area contributed by atoms with Crippen molar-refractivity contribution >= 4 is 42.7 Å². The number of rotatable bonds is 7. The Balaban J connectivity index is -0.000000845. The molecule has 0 aliphatic heterocycles. The molecule has 0 rings (SSSR count). The van der Waals surface area contributed by atoms with E-state index in [0.717, 1.165) is 6.42 Å². The van der Waals surface area contributed by atoms with Gasteiger partial charge in [-0.1, -0.05) is 25.8 Å². The summed E-state index contributed by atoms with van der Waals surface area (Å²) < 4.78 is 7.99. The zero-order valence-corrected chi connectivity index (χ0v) is 12.3. The molecule has 16 heavy (non-hydrogen) atoms. The lowest BCUT2D eigenvalue weighted by atomic mass is 10.1. The van der Waals surface area contributed by atoms with E-state index >= 15 is 0 Å². The Labute approximate surface area is 114 Å². The van der Waals surface area contributed by atoms with Gasteiger partial charge in [0.15, 0.2) is 0 Å². The summed E-state index contributed by atoms with van der Waals surface area (Å²) >= 11 is 1.43. The second kappa shape index (κ2) is 13.4. The third-order valence-corrected chi connectivity index (χ3v) is 2.13. The summed E-state index contributed by atoms with van der Waals surface area (Å²) in [5, 5.41) is 0. The minimum absolute atomic E-state index is 0. The van der Waals surface area contributed by atoms with E-state index in [-0.39, 0.29) is 36.8 Å². The lowest BCUT2D eigenvalue weighted by Crippen LogP contribution is -2.36. The number of esters is 1. The number of hydrogen-bond acceptors (Lipinski definition) is 5. The molecular weight excluding hydrogens is 271 g/mol. The van der Waals surface area contributed by atoms with Crippen LogP contribution in [0.15, 0.2) is 0 Å². The van der Waals surface area contributed by atoms with E-state index in [0.29, 0.717) is 19.1 Å². The molecule has 0 heterocycles. The average molecular weight is 293 g/mol. The minimum atomic E-state index is -0.225. The van der Waals surface area contributed by atoms with E-state index in [9.17, 15) is 4.79 Å². The van der Waals surface area contributed by atoms with Gasteiger partial charge in [-0.25, -0.2) is 0 Å². The summed E-state index contributed by atoms with van der Waals surface area (Å²) in [6, 6.07) is -0.225. The molecule has 3 N–H and O–H groups in total. The zero-order valence-electron chi connectivity index (χ0n) is 9.89. The van der Waals surface area contributed by atoms with E-state index in [1.807, 2.05) is 6.26 Å². The van der Waals surface area contributed by atoms with Crippen LogP contribution in [0.2, 0.25) is 0 Å². The Morgan fingerprint density at radius 3 is 2.38 bits per heavy atom. The molecular formula is C9H22Cl2N2O2S. The van der Waals surface area contributed by atoms with E-state index in [4.69, 9.17) is 10.5 Å². The Kier molecular flexibility index (Phi) is 18.1. The molecule has 0 spiro atoms. The van der Waals surface area contributed by atoms with Gasteiger partial charge >= 0.3 is 5.97 Å². The Morgan fingerprint density at radius 1 is 1.44 bits per heavy atom. The van der Waals surface area contributed by atoms with Crippen LogP contribution < -0.4 is 10.5 Å². The molecule has 100 valence electrons. The Bertz CT molecular complexity index is 174. The van der Waals surface area contributed by atoms with Crippen LogP contribution >= 0.6 is 36.8 Å². The first-order chi connectivity index (χ1) is 6.61. The van der Waals surface area contributed by atoms with Crippen molar-refractivity contribution in [2.75, 3.05) is 19.4 Å². The van der Waals surface area contributed by atoms with E-state index in [1.165, 1.54) is 11.9 Å². The van der Waals surface area contributed by atoms with Crippen LogP contribution in [0.5, 0.6) is 0 Å². The lowest BCUT2D eigenvalue weighted by molar-refractivity contribution is -0.145. The van der Waals surface area contributed by atoms with Crippen LogP contribution in [0.3, 0.4) is 0 Å². The molecule has 7 heteroatoms. The largest absolute Gasteiger partial charge is 0.463 e. The SMILES string of the molecule is CSNC(CC(C)C)C(=O)OCCN.Cl.Cl. The van der Waals surface area contributed by atoms with Crippen molar-refractivity contribution in [1.82, 2.24) is 4.72 Å². The van der Waals surface area contributed by atoms with Crippen LogP contribution in [0, 0.1) is 5.92 Å². The Morgan fingerprint density at radius 2 is 2.00 bits per heavy atom. The second-order valence-corrected chi connectivity index (χ2v) is 4.10. The molecule has 0 fully saturated rings. The van der Waals surface area contributed by atoms with Crippen LogP contribution in [-0.2, 0) is 9.53 Å². The first-order valence-corrected chi connectivity index (χ1v) is 5.99. The molecule has 0 saturated heterocycles. The number of halogens is 2. The molecule has 0 aromatic heterocycles. The predicted octanol–water partition coefficient (Wildman–Crippen LogP) is 1.61. The lowest BCUT2D eigenvalue weighted by Gasteiger charge is -2.17. The molecule has 4 nitrogen and oxygen atoms in total. The molecule has 0 radical (unpaired) electrons. The minimum Gasteiger partial charge on any atom is -0.463 e. The summed E-state index contributed by atoms with van der Waals surface area (Å²) in [7, 11) is 0. The van der Waals surface area contributed by atoms with Crippen molar-refractivity contribution in [3.05, 3.63) is 0 Å². The van der Waals surface area contributed by atoms with Gasteiger partial charge in [0.25, 0.3) is 0 Å². The highest BCUT2D eigenvalue weighted by Crippen LogP contribution is 2.08. The van der Waals surface area contributed by atoms with Gasteiger partial charge in [-0.2, -0.15) is 0 Å². The Hall–Kier alpha value is 0.320. The maximum absolute atomic E-state index is 11.5. The van der Waals surface area contributed by atoms with E-state index < -0.39 is 0 Å². The highest BCUT2D eigenvalue weighted by molar-refractivity contribution is 7.96. The molecule has 0 bridgehead atoms. The molecule has 0 saturated carbocycles. The maximum Gasteiger partial charge on any atom is 0.324 e. The number of hydrogen-bond donors (Lipinski definition) is 2. The summed E-state index contributed by atoms with van der Waals surface area (Å²) in [6.45, 7) is 4.82. The van der Waals surface area contributed by atoms with E-state index in [1.54, 1.807) is 0 Å². The molecule has 1 atom stereocenters. The molecule has 0 aromatic carbocycles. The fourth-order valence-electron chi connectivity index (χ4n) is 1.07. The average Bonchev–Trinajstić information content (AvgIpc) is 2.13. The van der Waals surface area contributed by atoms with Crippen LogP contribution in [0.1, 0.15) is 20.3 Å². The fraction of sp³-hybridized carbons (Fsp3) is 0.889. The quantitative estimate of drug-likeness (QED) is 0.551. The van der Waals surface area contributed by atoms with Crippen molar-refractivity contribution < 1.29 is 9.53 Å². The number of nitrogens with two attached hydrogens (primary N) is 1. The van der Waals surface area contributed by atoms with Gasteiger partial charge in [-0.3, -0.25) is 9.52 Å². The van der Waals surface area contributed by atoms with Crippen molar-refractivity contribution in [1.29, 1.82) is 0 Å². The number of carbonyl (C=O) groups is 1.